The molecule has 1 aromatic heterocycles. The van der Waals surface area contributed by atoms with Gasteiger partial charge in [0.25, 0.3) is 0 Å². The van der Waals surface area contributed by atoms with Crippen LogP contribution in [0.15, 0.2) is 42.6 Å². The number of nitrogens with one attached hydrogen (secondary N) is 1. The number of aromatic nitrogens is 1. The molecule has 98 valence electrons. The molecule has 0 fully saturated rings. The Labute approximate surface area is 125 Å². The number of esters is 1. The van der Waals surface area contributed by atoms with Crippen molar-refractivity contribution in [3.8, 4) is 0 Å². The molecule has 2 aromatic rings. The lowest BCUT2D eigenvalue weighted by molar-refractivity contribution is 0.0527. The molecule has 0 radical (unpaired) electrons. The van der Waals surface area contributed by atoms with Crippen LogP contribution >= 0.6 is 22.6 Å². The largest absolute Gasteiger partial charge is 0.462 e. The van der Waals surface area contributed by atoms with Crippen molar-refractivity contribution in [2.75, 3.05) is 11.9 Å². The molecule has 5 heteroatoms. The molecule has 2 rings (SSSR count). The highest BCUT2D eigenvalue weighted by molar-refractivity contribution is 14.1. The normalized spacial score (nSPS) is 10.0. The number of pyridine rings is 1. The first-order valence-electron chi connectivity index (χ1n) is 5.85. The number of nitrogens with zero attached hydrogens (tertiary/aromatic N) is 1. The number of ether oxygens (including phenoxy) is 1. The lowest BCUT2D eigenvalue weighted by atomic mass is 10.2. The SMILES string of the molecule is CCOC(=O)c1cccnc1Nc1cccc(I)c1. The Bertz CT molecular complexity index is 587. The van der Waals surface area contributed by atoms with Gasteiger partial charge in [-0.05, 0) is 59.8 Å². The molecule has 0 unspecified atom stereocenters. The molecule has 0 saturated carbocycles. The van der Waals surface area contributed by atoms with Crippen molar-refractivity contribution in [1.82, 2.24) is 4.98 Å². The Morgan fingerprint density at radius 3 is 2.95 bits per heavy atom. The molecule has 1 aromatic carbocycles. The Balaban J connectivity index is 2.27. The molecule has 4 nitrogen and oxygen atoms in total. The highest BCUT2D eigenvalue weighted by Crippen LogP contribution is 2.20. The van der Waals surface area contributed by atoms with E-state index in [0.717, 1.165) is 9.26 Å². The maximum atomic E-state index is 11.8. The molecule has 0 spiro atoms. The number of rotatable bonds is 4. The van der Waals surface area contributed by atoms with E-state index in [1.807, 2.05) is 24.3 Å². The van der Waals surface area contributed by atoms with E-state index in [1.54, 1.807) is 25.3 Å². The van der Waals surface area contributed by atoms with Gasteiger partial charge in [-0.3, -0.25) is 0 Å². The van der Waals surface area contributed by atoms with Gasteiger partial charge in [0, 0.05) is 15.5 Å². The van der Waals surface area contributed by atoms with Gasteiger partial charge in [0.2, 0.25) is 0 Å². The predicted molar refractivity (Wildman–Crippen MR) is 82.6 cm³/mol. The van der Waals surface area contributed by atoms with Crippen molar-refractivity contribution < 1.29 is 9.53 Å². The number of hydrogen-bond donors (Lipinski definition) is 1. The highest BCUT2D eigenvalue weighted by Gasteiger charge is 2.13. The Hall–Kier alpha value is -1.63. The van der Waals surface area contributed by atoms with E-state index in [1.165, 1.54) is 0 Å². The van der Waals surface area contributed by atoms with Crippen LogP contribution in [0.1, 0.15) is 17.3 Å². The van der Waals surface area contributed by atoms with Gasteiger partial charge >= 0.3 is 5.97 Å². The fourth-order valence-corrected chi connectivity index (χ4v) is 2.12. The van der Waals surface area contributed by atoms with E-state index < -0.39 is 0 Å². The van der Waals surface area contributed by atoms with Gasteiger partial charge < -0.3 is 10.1 Å². The van der Waals surface area contributed by atoms with Crippen LogP contribution in [0.3, 0.4) is 0 Å². The minimum Gasteiger partial charge on any atom is -0.462 e. The summed E-state index contributed by atoms with van der Waals surface area (Å²) in [7, 11) is 0. The molecule has 0 aliphatic rings. The Morgan fingerprint density at radius 1 is 1.37 bits per heavy atom. The first kappa shape index (κ1) is 13.8. The van der Waals surface area contributed by atoms with Gasteiger partial charge in [-0.1, -0.05) is 6.07 Å². The standard InChI is InChI=1S/C14H13IN2O2/c1-2-19-14(18)12-7-4-8-16-13(12)17-11-6-3-5-10(15)9-11/h3-9H,2H2,1H3,(H,16,17). The van der Waals surface area contributed by atoms with Crippen LogP contribution < -0.4 is 5.32 Å². The number of hydrogen-bond acceptors (Lipinski definition) is 4. The minimum atomic E-state index is -0.372. The summed E-state index contributed by atoms with van der Waals surface area (Å²) in [5.41, 5.74) is 1.32. The lowest BCUT2D eigenvalue weighted by Gasteiger charge is -2.10. The number of benzene rings is 1. The molecule has 0 amide bonds. The molecule has 19 heavy (non-hydrogen) atoms. The predicted octanol–water partition coefficient (Wildman–Crippen LogP) is 3.61. The molecular weight excluding hydrogens is 355 g/mol. The monoisotopic (exact) mass is 368 g/mol. The fourth-order valence-electron chi connectivity index (χ4n) is 1.58. The third kappa shape index (κ3) is 3.66. The van der Waals surface area contributed by atoms with E-state index in [9.17, 15) is 4.79 Å². The number of halogens is 1. The zero-order valence-corrected chi connectivity index (χ0v) is 12.5. The number of carbonyl (C=O) groups is 1. The maximum absolute atomic E-state index is 11.8. The summed E-state index contributed by atoms with van der Waals surface area (Å²) in [5.74, 6) is 0.131. The molecular formula is C14H13IN2O2. The molecule has 0 aliphatic carbocycles. The Morgan fingerprint density at radius 2 is 2.21 bits per heavy atom. The fraction of sp³-hybridized carbons (Fsp3) is 0.143. The van der Waals surface area contributed by atoms with E-state index in [4.69, 9.17) is 4.74 Å². The molecule has 0 aliphatic heterocycles. The van der Waals surface area contributed by atoms with E-state index in [2.05, 4.69) is 32.9 Å². The van der Waals surface area contributed by atoms with Crippen LogP contribution in [0.2, 0.25) is 0 Å². The number of anilines is 2. The summed E-state index contributed by atoms with van der Waals surface area (Å²) < 4.78 is 6.12. The highest BCUT2D eigenvalue weighted by atomic mass is 127. The summed E-state index contributed by atoms with van der Waals surface area (Å²) >= 11 is 2.23. The van der Waals surface area contributed by atoms with Crippen molar-refractivity contribution in [2.24, 2.45) is 0 Å². The van der Waals surface area contributed by atoms with Crippen LogP contribution in [0, 0.1) is 3.57 Å². The smallest absolute Gasteiger partial charge is 0.341 e. The average Bonchev–Trinajstić information content (AvgIpc) is 2.39. The van der Waals surface area contributed by atoms with Gasteiger partial charge in [0.1, 0.15) is 11.4 Å². The van der Waals surface area contributed by atoms with Crippen LogP contribution in [0.25, 0.3) is 0 Å². The Kier molecular flexibility index (Phi) is 4.73. The minimum absolute atomic E-state index is 0.344. The van der Waals surface area contributed by atoms with Crippen molar-refractivity contribution >= 4 is 40.1 Å². The first-order chi connectivity index (χ1) is 9.20. The van der Waals surface area contributed by atoms with E-state index in [-0.39, 0.29) is 5.97 Å². The van der Waals surface area contributed by atoms with Crippen LogP contribution in [0.5, 0.6) is 0 Å². The zero-order chi connectivity index (χ0) is 13.7. The van der Waals surface area contributed by atoms with Crippen molar-refractivity contribution in [3.63, 3.8) is 0 Å². The van der Waals surface area contributed by atoms with Gasteiger partial charge in [-0.15, -0.1) is 0 Å². The van der Waals surface area contributed by atoms with Crippen molar-refractivity contribution in [2.45, 2.75) is 6.92 Å². The first-order valence-corrected chi connectivity index (χ1v) is 6.93. The summed E-state index contributed by atoms with van der Waals surface area (Å²) in [6.45, 7) is 2.12. The van der Waals surface area contributed by atoms with Crippen LogP contribution in [0.4, 0.5) is 11.5 Å². The molecule has 1 heterocycles. The molecule has 0 bridgehead atoms. The lowest BCUT2D eigenvalue weighted by Crippen LogP contribution is -2.09. The summed E-state index contributed by atoms with van der Waals surface area (Å²) in [4.78, 5) is 16.0. The molecule has 0 atom stereocenters. The van der Waals surface area contributed by atoms with Crippen LogP contribution in [-0.4, -0.2) is 17.6 Å². The molecule has 1 N–H and O–H groups in total. The van der Waals surface area contributed by atoms with Gasteiger partial charge in [0.15, 0.2) is 0 Å². The van der Waals surface area contributed by atoms with Crippen LogP contribution in [-0.2, 0) is 4.74 Å². The summed E-state index contributed by atoms with van der Waals surface area (Å²) in [6, 6.07) is 11.2. The average molecular weight is 368 g/mol. The summed E-state index contributed by atoms with van der Waals surface area (Å²) in [6.07, 6.45) is 1.64. The van der Waals surface area contributed by atoms with Crippen molar-refractivity contribution in [1.29, 1.82) is 0 Å². The molecule has 0 saturated heterocycles. The topological polar surface area (TPSA) is 51.2 Å². The second kappa shape index (κ2) is 6.51. The zero-order valence-electron chi connectivity index (χ0n) is 10.4. The van der Waals surface area contributed by atoms with E-state index >= 15 is 0 Å². The second-order valence-electron chi connectivity index (χ2n) is 3.76. The third-order valence-corrected chi connectivity index (χ3v) is 3.06. The van der Waals surface area contributed by atoms with Crippen molar-refractivity contribution in [3.05, 3.63) is 51.7 Å². The second-order valence-corrected chi connectivity index (χ2v) is 5.00. The van der Waals surface area contributed by atoms with Gasteiger partial charge in [-0.2, -0.15) is 0 Å². The number of carbonyl (C=O) groups excluding carboxylic acids is 1. The van der Waals surface area contributed by atoms with E-state index in [0.29, 0.717) is 18.0 Å². The maximum Gasteiger partial charge on any atom is 0.341 e. The van der Waals surface area contributed by atoms with Gasteiger partial charge in [-0.25, -0.2) is 9.78 Å². The quantitative estimate of drug-likeness (QED) is 0.662. The third-order valence-electron chi connectivity index (χ3n) is 2.39. The summed E-state index contributed by atoms with van der Waals surface area (Å²) in [5, 5.41) is 3.14. The van der Waals surface area contributed by atoms with Gasteiger partial charge in [0.05, 0.1) is 6.61 Å².